The van der Waals surface area contributed by atoms with Crippen LogP contribution in [0.5, 0.6) is 11.5 Å². The van der Waals surface area contributed by atoms with Crippen molar-refractivity contribution in [1.82, 2.24) is 4.90 Å². The van der Waals surface area contributed by atoms with E-state index < -0.39 is 22.9 Å². The predicted molar refractivity (Wildman–Crippen MR) is 123 cm³/mol. The number of alkyl halides is 3. The van der Waals surface area contributed by atoms with Crippen molar-refractivity contribution >= 4 is 22.3 Å². The third kappa shape index (κ3) is 4.17. The number of halogens is 3. The SMILES string of the molecule is COc1ccc(-c2c(C(F)(F)F)oc3c4c(ccc3c2=O)OCN(CCc2cccs2)C4)cc1. The highest BCUT2D eigenvalue weighted by Gasteiger charge is 2.40. The molecular formula is C25H20F3NO4S. The molecule has 5 nitrogen and oxygen atoms in total. The van der Waals surface area contributed by atoms with Crippen molar-refractivity contribution in [3.8, 4) is 22.6 Å². The Bertz CT molecular complexity index is 1380. The second-order valence-electron chi connectivity index (χ2n) is 7.94. The van der Waals surface area contributed by atoms with Crippen LogP contribution in [0.15, 0.2) is 63.1 Å². The first-order valence-electron chi connectivity index (χ1n) is 10.6. The standard InChI is InChI=1S/C25H20F3NO4S/c1-31-16-6-4-15(5-7-16)21-22(30)18-8-9-20-19(23(18)33-24(21)25(26,27)28)13-29(14-32-20)11-10-17-3-2-12-34-17/h2-9,12H,10-11,13-14H2,1H3. The van der Waals surface area contributed by atoms with E-state index in [0.29, 0.717) is 36.9 Å². The Hall–Kier alpha value is -3.30. The highest BCUT2D eigenvalue weighted by atomic mass is 32.1. The van der Waals surface area contributed by atoms with Crippen molar-refractivity contribution in [2.24, 2.45) is 0 Å². The summed E-state index contributed by atoms with van der Waals surface area (Å²) in [5.41, 5.74) is -0.798. The van der Waals surface area contributed by atoms with Crippen LogP contribution in [0.3, 0.4) is 0 Å². The van der Waals surface area contributed by atoms with Gasteiger partial charge in [0.25, 0.3) is 0 Å². The lowest BCUT2D eigenvalue weighted by atomic mass is 9.99. The molecule has 5 rings (SSSR count). The Morgan fingerprint density at radius 2 is 1.91 bits per heavy atom. The van der Waals surface area contributed by atoms with Gasteiger partial charge in [0.1, 0.15) is 23.8 Å². The van der Waals surface area contributed by atoms with Gasteiger partial charge in [-0.25, -0.2) is 0 Å². The number of rotatable bonds is 5. The summed E-state index contributed by atoms with van der Waals surface area (Å²) in [7, 11) is 1.45. The van der Waals surface area contributed by atoms with E-state index in [9.17, 15) is 18.0 Å². The minimum absolute atomic E-state index is 0.0845. The summed E-state index contributed by atoms with van der Waals surface area (Å²) in [6.45, 7) is 1.29. The van der Waals surface area contributed by atoms with Crippen molar-refractivity contribution < 1.29 is 27.1 Å². The molecule has 0 saturated carbocycles. The molecule has 0 aliphatic carbocycles. The monoisotopic (exact) mass is 487 g/mol. The number of methoxy groups -OCH3 is 1. The number of ether oxygens (including phenoxy) is 2. The summed E-state index contributed by atoms with van der Waals surface area (Å²) >= 11 is 1.65. The van der Waals surface area contributed by atoms with Gasteiger partial charge in [-0.2, -0.15) is 13.2 Å². The molecular weight excluding hydrogens is 467 g/mol. The minimum Gasteiger partial charge on any atom is -0.497 e. The summed E-state index contributed by atoms with van der Waals surface area (Å²) in [6, 6.07) is 12.9. The lowest BCUT2D eigenvalue weighted by Gasteiger charge is -2.29. The van der Waals surface area contributed by atoms with E-state index >= 15 is 0 Å². The molecule has 0 amide bonds. The normalized spacial score (nSPS) is 14.1. The Morgan fingerprint density at radius 1 is 1.12 bits per heavy atom. The molecule has 176 valence electrons. The highest BCUT2D eigenvalue weighted by Crippen LogP contribution is 2.40. The van der Waals surface area contributed by atoms with Crippen LogP contribution in [-0.4, -0.2) is 25.3 Å². The van der Waals surface area contributed by atoms with Crippen molar-refractivity contribution in [3.05, 3.63) is 80.3 Å². The van der Waals surface area contributed by atoms with Gasteiger partial charge in [-0.1, -0.05) is 18.2 Å². The smallest absolute Gasteiger partial charge is 0.450 e. The molecule has 2 aromatic heterocycles. The third-order valence-electron chi connectivity index (χ3n) is 5.80. The first kappa shape index (κ1) is 22.5. The largest absolute Gasteiger partial charge is 0.497 e. The quantitative estimate of drug-likeness (QED) is 0.349. The second-order valence-corrected chi connectivity index (χ2v) is 8.97. The molecule has 0 bridgehead atoms. The molecule has 9 heteroatoms. The second kappa shape index (κ2) is 8.81. The number of thiophene rings is 1. The molecule has 34 heavy (non-hydrogen) atoms. The van der Waals surface area contributed by atoms with Crippen LogP contribution in [0.1, 0.15) is 16.2 Å². The van der Waals surface area contributed by atoms with Crippen molar-refractivity contribution in [2.45, 2.75) is 19.1 Å². The predicted octanol–water partition coefficient (Wildman–Crippen LogP) is 5.94. The third-order valence-corrected chi connectivity index (χ3v) is 6.73. The van der Waals surface area contributed by atoms with E-state index in [1.807, 2.05) is 22.4 Å². The van der Waals surface area contributed by atoms with Crippen LogP contribution >= 0.6 is 11.3 Å². The van der Waals surface area contributed by atoms with Gasteiger partial charge < -0.3 is 13.9 Å². The van der Waals surface area contributed by atoms with E-state index in [1.165, 1.54) is 42.3 Å². The van der Waals surface area contributed by atoms with Crippen LogP contribution in [-0.2, 0) is 19.1 Å². The topological polar surface area (TPSA) is 51.9 Å². The van der Waals surface area contributed by atoms with E-state index in [0.717, 1.165) is 6.42 Å². The Labute approximate surface area is 197 Å². The molecule has 0 saturated heterocycles. The molecule has 0 N–H and O–H groups in total. The van der Waals surface area contributed by atoms with Gasteiger partial charge in [0.15, 0.2) is 0 Å². The number of fused-ring (bicyclic) bond motifs is 3. The molecule has 4 aromatic rings. The van der Waals surface area contributed by atoms with Crippen LogP contribution in [0.25, 0.3) is 22.1 Å². The summed E-state index contributed by atoms with van der Waals surface area (Å²) in [5, 5.41) is 2.08. The molecule has 1 aliphatic rings. The van der Waals surface area contributed by atoms with Gasteiger partial charge in [0.2, 0.25) is 11.2 Å². The molecule has 2 aromatic carbocycles. The van der Waals surface area contributed by atoms with Gasteiger partial charge in [0.05, 0.1) is 23.6 Å². The number of hydrogen-bond acceptors (Lipinski definition) is 6. The van der Waals surface area contributed by atoms with Crippen LogP contribution in [0, 0.1) is 0 Å². The fourth-order valence-corrected chi connectivity index (χ4v) is 4.80. The van der Waals surface area contributed by atoms with Gasteiger partial charge in [-0.15, -0.1) is 11.3 Å². The molecule has 3 heterocycles. The maximum absolute atomic E-state index is 14.1. The summed E-state index contributed by atoms with van der Waals surface area (Å²) < 4.78 is 58.6. The minimum atomic E-state index is -4.86. The van der Waals surface area contributed by atoms with Crippen molar-refractivity contribution in [1.29, 1.82) is 0 Å². The fourth-order valence-electron chi connectivity index (χ4n) is 4.10. The first-order valence-corrected chi connectivity index (χ1v) is 11.4. The van der Waals surface area contributed by atoms with Crippen molar-refractivity contribution in [3.63, 3.8) is 0 Å². The average molecular weight is 487 g/mol. The summed E-state index contributed by atoms with van der Waals surface area (Å²) in [6.07, 6.45) is -4.07. The summed E-state index contributed by atoms with van der Waals surface area (Å²) in [5.74, 6) is -0.427. The van der Waals surface area contributed by atoms with Gasteiger partial charge in [0, 0.05) is 18.0 Å². The first-order chi connectivity index (χ1) is 16.3. The molecule has 0 radical (unpaired) electrons. The van der Waals surface area contributed by atoms with Gasteiger partial charge >= 0.3 is 6.18 Å². The number of hydrogen-bond donors (Lipinski definition) is 0. The number of benzene rings is 2. The van der Waals surface area contributed by atoms with Gasteiger partial charge in [-0.05, 0) is 47.7 Å². The lowest BCUT2D eigenvalue weighted by Crippen LogP contribution is -2.33. The zero-order valence-electron chi connectivity index (χ0n) is 18.1. The lowest BCUT2D eigenvalue weighted by molar-refractivity contribution is -0.152. The number of nitrogens with zero attached hydrogens (tertiary/aromatic N) is 1. The molecule has 0 atom stereocenters. The van der Waals surface area contributed by atoms with E-state index in [4.69, 9.17) is 13.9 Å². The molecule has 0 spiro atoms. The molecule has 0 unspecified atom stereocenters. The molecule has 0 fully saturated rings. The fraction of sp³-hybridized carbons (Fsp3) is 0.240. The van der Waals surface area contributed by atoms with Crippen LogP contribution < -0.4 is 14.9 Å². The van der Waals surface area contributed by atoms with Crippen molar-refractivity contribution in [2.75, 3.05) is 20.4 Å². The Kier molecular flexibility index (Phi) is 5.83. The highest BCUT2D eigenvalue weighted by molar-refractivity contribution is 7.09. The molecule has 1 aliphatic heterocycles. The Balaban J connectivity index is 1.60. The van der Waals surface area contributed by atoms with E-state index in [2.05, 4.69) is 0 Å². The van der Waals surface area contributed by atoms with E-state index in [1.54, 1.807) is 17.4 Å². The van der Waals surface area contributed by atoms with Crippen LogP contribution in [0.2, 0.25) is 0 Å². The van der Waals surface area contributed by atoms with Crippen LogP contribution in [0.4, 0.5) is 13.2 Å². The Morgan fingerprint density at radius 3 is 2.59 bits per heavy atom. The zero-order valence-corrected chi connectivity index (χ0v) is 19.0. The zero-order chi connectivity index (χ0) is 23.9. The average Bonchev–Trinajstić information content (AvgIpc) is 3.36. The van der Waals surface area contributed by atoms with E-state index in [-0.39, 0.29) is 16.5 Å². The maximum Gasteiger partial charge on any atom is 0.450 e. The summed E-state index contributed by atoms with van der Waals surface area (Å²) in [4.78, 5) is 16.5. The van der Waals surface area contributed by atoms with Gasteiger partial charge in [-0.3, -0.25) is 9.69 Å². The maximum atomic E-state index is 14.1.